The van der Waals surface area contributed by atoms with E-state index in [1.807, 2.05) is 0 Å². The molecule has 62 valence electrons. The lowest BCUT2D eigenvalue weighted by Crippen LogP contribution is -2.04. The van der Waals surface area contributed by atoms with Crippen LogP contribution in [0.25, 0.3) is 0 Å². The second-order valence-electron chi connectivity index (χ2n) is 1.87. The highest BCUT2D eigenvalue weighted by atomic mass is 32.2. The molecular formula is C6H10N2O2S. The molecule has 0 aromatic carbocycles. The molecule has 0 radical (unpaired) electrons. The van der Waals surface area contributed by atoms with Gasteiger partial charge in [-0.05, 0) is 6.42 Å². The number of rotatable bonds is 3. The number of carboxylic acids is 1. The van der Waals surface area contributed by atoms with Gasteiger partial charge in [-0.25, -0.2) is 0 Å². The molecule has 0 saturated carbocycles. The average Bonchev–Trinajstić information content (AvgIpc) is 1.85. The predicted octanol–water partition coefficient (Wildman–Crippen LogP) is 1.56. The Morgan fingerprint density at radius 1 is 1.45 bits per heavy atom. The van der Waals surface area contributed by atoms with E-state index < -0.39 is 5.97 Å². The van der Waals surface area contributed by atoms with Gasteiger partial charge in [-0.3, -0.25) is 15.6 Å². The van der Waals surface area contributed by atoms with Crippen molar-refractivity contribution in [2.75, 3.05) is 0 Å². The van der Waals surface area contributed by atoms with Crippen molar-refractivity contribution in [2.24, 2.45) is 0 Å². The highest BCUT2D eigenvalue weighted by Gasteiger charge is 2.05. The third-order valence-corrected chi connectivity index (χ3v) is 1.81. The van der Waals surface area contributed by atoms with E-state index in [9.17, 15) is 4.79 Å². The van der Waals surface area contributed by atoms with Gasteiger partial charge in [0.05, 0.1) is 16.5 Å². The van der Waals surface area contributed by atoms with E-state index in [0.29, 0.717) is 11.5 Å². The van der Waals surface area contributed by atoms with Crippen molar-refractivity contribution in [3.63, 3.8) is 0 Å². The van der Waals surface area contributed by atoms with Gasteiger partial charge < -0.3 is 5.11 Å². The summed E-state index contributed by atoms with van der Waals surface area (Å²) in [5, 5.41) is 22.8. The number of hydrogen-bond acceptors (Lipinski definition) is 4. The molecule has 0 heterocycles. The van der Waals surface area contributed by atoms with Gasteiger partial charge in [0.15, 0.2) is 0 Å². The summed E-state index contributed by atoms with van der Waals surface area (Å²) in [5.74, 6) is -1.02. The fourth-order valence-corrected chi connectivity index (χ4v) is 1.03. The summed E-state index contributed by atoms with van der Waals surface area (Å²) >= 11 is 0.914. The maximum atomic E-state index is 10.1. The summed E-state index contributed by atoms with van der Waals surface area (Å²) < 4.78 is 0. The van der Waals surface area contributed by atoms with E-state index in [1.54, 1.807) is 6.92 Å². The molecular weight excluding hydrogens is 164 g/mol. The maximum absolute atomic E-state index is 10.1. The summed E-state index contributed by atoms with van der Waals surface area (Å²) in [4.78, 5) is 10.1. The molecule has 0 saturated heterocycles. The monoisotopic (exact) mass is 174 g/mol. The SMILES string of the molecule is CCC(=N)SC(=N)CC(=O)O. The first-order valence-corrected chi connectivity index (χ1v) is 3.92. The van der Waals surface area contributed by atoms with E-state index in [4.69, 9.17) is 15.9 Å². The minimum Gasteiger partial charge on any atom is -0.481 e. The molecule has 4 nitrogen and oxygen atoms in total. The zero-order valence-corrected chi connectivity index (χ0v) is 6.99. The number of carbonyl (C=O) groups is 1. The molecule has 0 aromatic rings. The Labute approximate surface area is 69.0 Å². The number of thioether (sulfide) groups is 1. The second kappa shape index (κ2) is 4.90. The summed E-state index contributed by atoms with van der Waals surface area (Å²) in [6.07, 6.45) is 0.264. The second-order valence-corrected chi connectivity index (χ2v) is 3.06. The van der Waals surface area contributed by atoms with Crippen molar-refractivity contribution in [2.45, 2.75) is 19.8 Å². The number of nitrogens with one attached hydrogen (secondary N) is 2. The molecule has 0 bridgehead atoms. The molecule has 0 aliphatic rings. The van der Waals surface area contributed by atoms with Gasteiger partial charge in [0.1, 0.15) is 0 Å². The Balaban J connectivity index is 3.70. The highest BCUT2D eigenvalue weighted by Crippen LogP contribution is 2.09. The first-order valence-electron chi connectivity index (χ1n) is 3.10. The number of aliphatic carboxylic acids is 1. The lowest BCUT2D eigenvalue weighted by Gasteiger charge is -1.98. The van der Waals surface area contributed by atoms with Crippen LogP contribution in [0.5, 0.6) is 0 Å². The molecule has 0 aromatic heterocycles. The zero-order chi connectivity index (χ0) is 8.85. The molecule has 0 fully saturated rings. The summed E-state index contributed by atoms with van der Waals surface area (Å²) in [6, 6.07) is 0. The van der Waals surface area contributed by atoms with Gasteiger partial charge in [-0.1, -0.05) is 18.7 Å². The Hall–Kier alpha value is -0.840. The van der Waals surface area contributed by atoms with Crippen LogP contribution in [0.15, 0.2) is 0 Å². The topological polar surface area (TPSA) is 85.0 Å². The molecule has 11 heavy (non-hydrogen) atoms. The molecule has 0 unspecified atom stereocenters. The van der Waals surface area contributed by atoms with E-state index in [0.717, 1.165) is 11.8 Å². The largest absolute Gasteiger partial charge is 0.481 e. The summed E-state index contributed by atoms with van der Waals surface area (Å²) in [7, 11) is 0. The minimum absolute atomic E-state index is 0.0179. The molecule has 0 aliphatic carbocycles. The molecule has 0 spiro atoms. The maximum Gasteiger partial charge on any atom is 0.309 e. The van der Waals surface area contributed by atoms with Crippen LogP contribution in [0.3, 0.4) is 0 Å². The van der Waals surface area contributed by atoms with E-state index >= 15 is 0 Å². The van der Waals surface area contributed by atoms with Crippen LogP contribution in [0.1, 0.15) is 19.8 Å². The minimum atomic E-state index is -1.02. The van der Waals surface area contributed by atoms with Gasteiger partial charge in [0, 0.05) is 0 Å². The van der Waals surface area contributed by atoms with Crippen LogP contribution in [0.4, 0.5) is 0 Å². The quantitative estimate of drug-likeness (QED) is 0.448. The van der Waals surface area contributed by atoms with Crippen molar-refractivity contribution in [1.29, 1.82) is 10.8 Å². The average molecular weight is 174 g/mol. The Morgan fingerprint density at radius 2 is 2.00 bits per heavy atom. The third-order valence-electron chi connectivity index (χ3n) is 0.879. The standard InChI is InChI=1S/C6H10N2O2S/c1-2-4(7)11-5(8)3-6(9)10/h7-8H,2-3H2,1H3,(H,9,10). The van der Waals surface area contributed by atoms with E-state index in [1.165, 1.54) is 0 Å². The number of hydrogen-bond donors (Lipinski definition) is 3. The third kappa shape index (κ3) is 5.60. The summed E-state index contributed by atoms with van der Waals surface area (Å²) in [5.41, 5.74) is 0. The van der Waals surface area contributed by atoms with Crippen molar-refractivity contribution >= 4 is 27.8 Å². The predicted molar refractivity (Wildman–Crippen MR) is 45.6 cm³/mol. The van der Waals surface area contributed by atoms with Crippen LogP contribution in [-0.2, 0) is 4.79 Å². The molecule has 0 rings (SSSR count). The van der Waals surface area contributed by atoms with Gasteiger partial charge in [-0.15, -0.1) is 0 Å². The Kier molecular flexibility index (Phi) is 4.52. The molecule has 3 N–H and O–H groups in total. The summed E-state index contributed by atoms with van der Waals surface area (Å²) in [6.45, 7) is 1.80. The van der Waals surface area contributed by atoms with Gasteiger partial charge in [0.25, 0.3) is 0 Å². The lowest BCUT2D eigenvalue weighted by molar-refractivity contribution is -0.135. The van der Waals surface area contributed by atoms with Crippen LogP contribution in [0, 0.1) is 10.8 Å². The molecule has 0 atom stereocenters. The lowest BCUT2D eigenvalue weighted by atomic mass is 10.5. The molecule has 5 heteroatoms. The first-order chi connectivity index (χ1) is 5.06. The van der Waals surface area contributed by atoms with Crippen molar-refractivity contribution in [1.82, 2.24) is 0 Å². The van der Waals surface area contributed by atoms with E-state index in [-0.39, 0.29) is 11.5 Å². The molecule has 0 aliphatic heterocycles. The van der Waals surface area contributed by atoms with E-state index in [2.05, 4.69) is 0 Å². The van der Waals surface area contributed by atoms with Crippen molar-refractivity contribution in [3.8, 4) is 0 Å². The van der Waals surface area contributed by atoms with Crippen LogP contribution in [-0.4, -0.2) is 21.2 Å². The fraction of sp³-hybridized carbons (Fsp3) is 0.500. The Bertz CT molecular complexity index is 191. The van der Waals surface area contributed by atoms with Gasteiger partial charge in [-0.2, -0.15) is 0 Å². The smallest absolute Gasteiger partial charge is 0.309 e. The highest BCUT2D eigenvalue weighted by molar-refractivity contribution is 8.26. The number of carboxylic acid groups (broad SMARTS) is 1. The van der Waals surface area contributed by atoms with Crippen LogP contribution < -0.4 is 0 Å². The fourth-order valence-electron chi connectivity index (χ4n) is 0.394. The van der Waals surface area contributed by atoms with Crippen molar-refractivity contribution < 1.29 is 9.90 Å². The normalized spacial score (nSPS) is 9.18. The van der Waals surface area contributed by atoms with Gasteiger partial charge in [0.2, 0.25) is 0 Å². The first kappa shape index (κ1) is 10.2. The zero-order valence-electron chi connectivity index (χ0n) is 6.18. The molecule has 0 amide bonds. The van der Waals surface area contributed by atoms with Crippen LogP contribution in [0.2, 0.25) is 0 Å². The van der Waals surface area contributed by atoms with Crippen LogP contribution >= 0.6 is 11.8 Å². The Morgan fingerprint density at radius 3 is 2.36 bits per heavy atom. The van der Waals surface area contributed by atoms with Gasteiger partial charge >= 0.3 is 5.97 Å². The van der Waals surface area contributed by atoms with Crippen molar-refractivity contribution in [3.05, 3.63) is 0 Å².